The Morgan fingerprint density at radius 3 is 2.62 bits per heavy atom. The van der Waals surface area contributed by atoms with Gasteiger partial charge >= 0.3 is 6.18 Å². The van der Waals surface area contributed by atoms with Gasteiger partial charge in [-0.1, -0.05) is 0 Å². The second kappa shape index (κ2) is 7.45. The minimum absolute atomic E-state index is 0.0141. The normalized spacial score (nSPS) is 30.9. The summed E-state index contributed by atoms with van der Waals surface area (Å²) < 4.78 is 43.0. The molecule has 0 spiro atoms. The Kier molecular flexibility index (Phi) is 5.87. The van der Waals surface area contributed by atoms with Gasteiger partial charge in [-0.05, 0) is 38.5 Å². The van der Waals surface area contributed by atoms with Crippen LogP contribution in [0, 0.1) is 0 Å². The van der Waals surface area contributed by atoms with Crippen LogP contribution in [0.1, 0.15) is 44.9 Å². The van der Waals surface area contributed by atoms with Crippen LogP contribution in [0.15, 0.2) is 0 Å². The van der Waals surface area contributed by atoms with Gasteiger partial charge in [0.2, 0.25) is 5.91 Å². The molecular weight excluding hydrogens is 285 g/mol. The van der Waals surface area contributed by atoms with E-state index in [2.05, 4.69) is 10.6 Å². The van der Waals surface area contributed by atoms with E-state index in [1.165, 1.54) is 0 Å². The molecule has 2 aliphatic rings. The van der Waals surface area contributed by atoms with Crippen LogP contribution in [0.25, 0.3) is 0 Å². The molecule has 0 aromatic rings. The first kappa shape index (κ1) is 16.5. The Balaban J connectivity index is 1.62. The molecule has 2 aliphatic heterocycles. The number of alkyl halides is 3. The molecule has 1 amide bonds. The number of hydrogen-bond donors (Lipinski definition) is 2. The predicted molar refractivity (Wildman–Crippen MR) is 71.8 cm³/mol. The highest BCUT2D eigenvalue weighted by Gasteiger charge is 2.41. The first-order valence-electron chi connectivity index (χ1n) is 7.66. The predicted octanol–water partition coefficient (Wildman–Crippen LogP) is 2.13. The smallest absolute Gasteiger partial charge is 0.378 e. The molecule has 0 saturated carbocycles. The summed E-state index contributed by atoms with van der Waals surface area (Å²) in [5.41, 5.74) is 0. The van der Waals surface area contributed by atoms with Crippen LogP contribution < -0.4 is 10.6 Å². The molecule has 7 heteroatoms. The van der Waals surface area contributed by atoms with Gasteiger partial charge in [0.1, 0.15) is 6.04 Å². The third-order valence-electron chi connectivity index (χ3n) is 4.14. The number of carbonyl (C=O) groups is 1. The Morgan fingerprint density at radius 1 is 1.24 bits per heavy atom. The lowest BCUT2D eigenvalue weighted by Gasteiger charge is -2.31. The third kappa shape index (κ3) is 5.47. The minimum atomic E-state index is -4.20. The number of piperidine rings is 1. The second-order valence-electron chi connectivity index (χ2n) is 5.87. The molecule has 2 N–H and O–H groups in total. The highest BCUT2D eigenvalue weighted by molar-refractivity contribution is 5.76. The van der Waals surface area contributed by atoms with E-state index in [9.17, 15) is 18.0 Å². The van der Waals surface area contributed by atoms with E-state index in [0.29, 0.717) is 19.3 Å². The number of halogens is 3. The molecule has 0 aromatic heterocycles. The molecule has 3 unspecified atom stereocenters. The monoisotopic (exact) mass is 308 g/mol. The molecule has 122 valence electrons. The van der Waals surface area contributed by atoms with Gasteiger partial charge < -0.3 is 15.4 Å². The zero-order valence-corrected chi connectivity index (χ0v) is 12.0. The number of nitrogens with one attached hydrogen (secondary N) is 2. The van der Waals surface area contributed by atoms with Crippen molar-refractivity contribution < 1.29 is 22.7 Å². The van der Waals surface area contributed by atoms with Crippen molar-refractivity contribution in [1.29, 1.82) is 0 Å². The van der Waals surface area contributed by atoms with E-state index < -0.39 is 12.2 Å². The number of carbonyl (C=O) groups excluding carboxylic acids is 1. The molecular formula is C14H23F3N2O2. The summed E-state index contributed by atoms with van der Waals surface area (Å²) in [6.45, 7) is 0.938. The Morgan fingerprint density at radius 2 is 2.05 bits per heavy atom. The standard InChI is InChI=1S/C14H23F3N2O2/c15-14(16,17)12-6-4-10(9-18-12)19-13(20)7-5-11-3-1-2-8-21-11/h10-12,18H,1-9H2,(H,19,20). The topological polar surface area (TPSA) is 50.4 Å². The van der Waals surface area contributed by atoms with Gasteiger partial charge in [-0.2, -0.15) is 13.2 Å². The molecule has 21 heavy (non-hydrogen) atoms. The fourth-order valence-electron chi connectivity index (χ4n) is 2.89. The third-order valence-corrected chi connectivity index (χ3v) is 4.14. The molecule has 3 atom stereocenters. The van der Waals surface area contributed by atoms with Crippen molar-refractivity contribution in [2.45, 2.75) is 69.3 Å². The quantitative estimate of drug-likeness (QED) is 0.836. The summed E-state index contributed by atoms with van der Waals surface area (Å²) in [4.78, 5) is 11.8. The van der Waals surface area contributed by atoms with Gasteiger partial charge in [-0.15, -0.1) is 0 Å². The molecule has 0 aromatic carbocycles. The van der Waals surface area contributed by atoms with Crippen LogP contribution in [-0.4, -0.2) is 43.4 Å². The zero-order chi connectivity index (χ0) is 15.3. The van der Waals surface area contributed by atoms with Crippen molar-refractivity contribution >= 4 is 5.91 Å². The highest BCUT2D eigenvalue weighted by atomic mass is 19.4. The van der Waals surface area contributed by atoms with Gasteiger partial charge in [-0.25, -0.2) is 0 Å². The average molecular weight is 308 g/mol. The van der Waals surface area contributed by atoms with Gasteiger partial charge in [0, 0.05) is 25.6 Å². The minimum Gasteiger partial charge on any atom is -0.378 e. The van der Waals surface area contributed by atoms with E-state index in [-0.39, 0.29) is 31.0 Å². The van der Waals surface area contributed by atoms with Crippen LogP contribution in [0.3, 0.4) is 0 Å². The summed E-state index contributed by atoms with van der Waals surface area (Å²) in [6, 6.07) is -1.65. The molecule has 4 nitrogen and oxygen atoms in total. The Hall–Kier alpha value is -0.820. The van der Waals surface area contributed by atoms with Crippen LogP contribution in [0.2, 0.25) is 0 Å². The lowest BCUT2D eigenvalue weighted by Crippen LogP contribution is -2.54. The second-order valence-corrected chi connectivity index (χ2v) is 5.87. The summed E-state index contributed by atoms with van der Waals surface area (Å²) in [5, 5.41) is 5.26. The number of rotatable bonds is 4. The molecule has 2 saturated heterocycles. The fourth-order valence-corrected chi connectivity index (χ4v) is 2.89. The van der Waals surface area contributed by atoms with Gasteiger partial charge in [0.25, 0.3) is 0 Å². The molecule has 0 radical (unpaired) electrons. The van der Waals surface area contributed by atoms with Gasteiger partial charge in [0.15, 0.2) is 0 Å². The van der Waals surface area contributed by atoms with Crippen molar-refractivity contribution in [3.8, 4) is 0 Å². The summed E-state index contributed by atoms with van der Waals surface area (Å²) in [5.74, 6) is -0.0959. The number of amides is 1. The van der Waals surface area contributed by atoms with Crippen molar-refractivity contribution in [3.05, 3.63) is 0 Å². The molecule has 0 aliphatic carbocycles. The van der Waals surface area contributed by atoms with Gasteiger partial charge in [-0.3, -0.25) is 4.79 Å². The Bertz CT molecular complexity index is 336. The van der Waals surface area contributed by atoms with Crippen molar-refractivity contribution in [1.82, 2.24) is 10.6 Å². The van der Waals surface area contributed by atoms with Crippen molar-refractivity contribution in [2.24, 2.45) is 0 Å². The zero-order valence-electron chi connectivity index (χ0n) is 12.0. The number of hydrogen-bond acceptors (Lipinski definition) is 3. The first-order chi connectivity index (χ1) is 9.95. The summed E-state index contributed by atoms with van der Waals surface area (Å²) in [7, 11) is 0. The maximum absolute atomic E-state index is 12.5. The van der Waals surface area contributed by atoms with Crippen LogP contribution in [0.5, 0.6) is 0 Å². The fraction of sp³-hybridized carbons (Fsp3) is 0.929. The SMILES string of the molecule is O=C(CCC1CCCCO1)NC1CCC(C(F)(F)F)NC1. The lowest BCUT2D eigenvalue weighted by atomic mass is 10.00. The van der Waals surface area contributed by atoms with E-state index in [1.54, 1.807) is 0 Å². The van der Waals surface area contributed by atoms with E-state index >= 15 is 0 Å². The van der Waals surface area contributed by atoms with Crippen LogP contribution in [-0.2, 0) is 9.53 Å². The summed E-state index contributed by atoms with van der Waals surface area (Å²) >= 11 is 0. The highest BCUT2D eigenvalue weighted by Crippen LogP contribution is 2.26. The largest absolute Gasteiger partial charge is 0.403 e. The summed E-state index contributed by atoms with van der Waals surface area (Å²) in [6.07, 6.45) is 0.612. The maximum atomic E-state index is 12.5. The average Bonchev–Trinajstić information content (AvgIpc) is 2.46. The number of ether oxygens (including phenoxy) is 1. The van der Waals surface area contributed by atoms with Crippen molar-refractivity contribution in [2.75, 3.05) is 13.2 Å². The van der Waals surface area contributed by atoms with E-state index in [4.69, 9.17) is 4.74 Å². The van der Waals surface area contributed by atoms with Crippen molar-refractivity contribution in [3.63, 3.8) is 0 Å². The molecule has 0 bridgehead atoms. The lowest BCUT2D eigenvalue weighted by molar-refractivity contribution is -0.161. The molecule has 2 rings (SSSR count). The van der Waals surface area contributed by atoms with Crippen LogP contribution in [0.4, 0.5) is 13.2 Å². The molecule has 2 fully saturated rings. The van der Waals surface area contributed by atoms with Gasteiger partial charge in [0.05, 0.1) is 6.10 Å². The molecule has 2 heterocycles. The van der Waals surface area contributed by atoms with E-state index in [0.717, 1.165) is 25.9 Å². The Labute approximate surface area is 122 Å². The maximum Gasteiger partial charge on any atom is 0.403 e. The first-order valence-corrected chi connectivity index (χ1v) is 7.66. The van der Waals surface area contributed by atoms with E-state index in [1.807, 2.05) is 0 Å². The van der Waals surface area contributed by atoms with Crippen LogP contribution >= 0.6 is 0 Å².